The molecule has 0 aromatic carbocycles. The first-order chi connectivity index (χ1) is 11.7. The van der Waals surface area contributed by atoms with Crippen molar-refractivity contribution < 1.29 is 18.8 Å². The molecule has 2 aliphatic rings. The number of ether oxygens (including phenoxy) is 2. The van der Waals surface area contributed by atoms with Gasteiger partial charge in [-0.1, -0.05) is 32.6 Å². The zero-order valence-corrected chi connectivity index (χ0v) is 15.9. The van der Waals surface area contributed by atoms with Crippen LogP contribution in [0.3, 0.4) is 0 Å². The summed E-state index contributed by atoms with van der Waals surface area (Å²) in [6, 6.07) is 0.738. The van der Waals surface area contributed by atoms with Crippen LogP contribution < -0.4 is 0 Å². The van der Waals surface area contributed by atoms with Crippen molar-refractivity contribution in [1.29, 1.82) is 0 Å². The molecular formula is C20H38NO3+. The number of hydrogen-bond donors (Lipinski definition) is 0. The normalized spacial score (nSPS) is 29.9. The number of carbonyl (C=O) groups excluding carboxylic acids is 1. The highest BCUT2D eigenvalue weighted by molar-refractivity contribution is 5.70. The van der Waals surface area contributed by atoms with E-state index in [4.69, 9.17) is 9.47 Å². The second-order valence-corrected chi connectivity index (χ2v) is 8.04. The molecular weight excluding hydrogens is 302 g/mol. The fourth-order valence-corrected chi connectivity index (χ4v) is 4.65. The van der Waals surface area contributed by atoms with Gasteiger partial charge in [0.15, 0.2) is 0 Å². The number of carbonyl (C=O) groups is 1. The van der Waals surface area contributed by atoms with E-state index in [9.17, 15) is 4.79 Å². The average Bonchev–Trinajstić information content (AvgIpc) is 2.57. The smallest absolute Gasteiger partial charge is 0.332 e. The highest BCUT2D eigenvalue weighted by Crippen LogP contribution is 2.36. The fraction of sp³-hybridized carbons (Fsp3) is 0.950. The first-order valence-corrected chi connectivity index (χ1v) is 10.2. The Hall–Kier alpha value is -0.610. The van der Waals surface area contributed by atoms with Crippen LogP contribution in [0.5, 0.6) is 0 Å². The molecule has 0 aromatic rings. The Kier molecular flexibility index (Phi) is 8.54. The lowest BCUT2D eigenvalue weighted by Crippen LogP contribution is -2.61. The molecule has 140 valence electrons. The number of quaternary nitrogens is 1. The number of piperidine rings is 2. The minimum absolute atomic E-state index is 0.127. The summed E-state index contributed by atoms with van der Waals surface area (Å²) >= 11 is 0. The van der Waals surface area contributed by atoms with Crippen LogP contribution in [-0.2, 0) is 14.3 Å². The van der Waals surface area contributed by atoms with Gasteiger partial charge < -0.3 is 14.0 Å². The molecule has 0 unspecified atom stereocenters. The molecule has 0 bridgehead atoms. The summed E-state index contributed by atoms with van der Waals surface area (Å²) < 4.78 is 12.2. The third-order valence-corrected chi connectivity index (χ3v) is 6.07. The topological polar surface area (TPSA) is 35.5 Å². The van der Waals surface area contributed by atoms with Gasteiger partial charge in [-0.2, -0.15) is 0 Å². The molecule has 0 N–H and O–H groups in total. The van der Waals surface area contributed by atoms with Crippen molar-refractivity contribution in [3.63, 3.8) is 0 Å². The van der Waals surface area contributed by atoms with E-state index >= 15 is 0 Å². The van der Waals surface area contributed by atoms with E-state index in [1.54, 1.807) is 0 Å². The van der Waals surface area contributed by atoms with E-state index in [-0.39, 0.29) is 12.6 Å². The Morgan fingerprint density at radius 3 is 2.67 bits per heavy atom. The molecule has 24 heavy (non-hydrogen) atoms. The van der Waals surface area contributed by atoms with Crippen molar-refractivity contribution >= 4 is 5.97 Å². The Balaban J connectivity index is 1.58. The van der Waals surface area contributed by atoms with E-state index in [1.807, 2.05) is 0 Å². The number of rotatable bonds is 10. The van der Waals surface area contributed by atoms with Gasteiger partial charge in [-0.3, -0.25) is 0 Å². The number of hydrogen-bond acceptors (Lipinski definition) is 3. The predicted octanol–water partition coefficient (Wildman–Crippen LogP) is 3.93. The lowest BCUT2D eigenvalue weighted by atomic mass is 9.82. The van der Waals surface area contributed by atoms with E-state index in [2.05, 4.69) is 14.0 Å². The Morgan fingerprint density at radius 1 is 1.04 bits per heavy atom. The lowest BCUT2D eigenvalue weighted by Gasteiger charge is -2.51. The van der Waals surface area contributed by atoms with Gasteiger partial charge in [-0.15, -0.1) is 0 Å². The summed E-state index contributed by atoms with van der Waals surface area (Å²) in [6.07, 6.45) is 12.5. The number of fused-ring (bicyclic) bond motifs is 1. The Morgan fingerprint density at radius 2 is 1.83 bits per heavy atom. The van der Waals surface area contributed by atoms with E-state index in [0.29, 0.717) is 12.5 Å². The van der Waals surface area contributed by atoms with Gasteiger partial charge in [-0.25, -0.2) is 4.79 Å². The standard InChI is InChI=1S/C20H38NO3/c1-3-4-5-6-9-15-24-20(22)17-23-16-18-11-10-14-21(2)13-8-7-12-19(18)21/h18-19H,3-17H2,1-2H3/q+1/t18-,19-,21-/m0/s1. The molecule has 3 atom stereocenters. The minimum Gasteiger partial charge on any atom is -0.464 e. The van der Waals surface area contributed by atoms with Crippen molar-refractivity contribution in [3.05, 3.63) is 0 Å². The fourth-order valence-electron chi connectivity index (χ4n) is 4.65. The first kappa shape index (κ1) is 19.7. The summed E-state index contributed by atoms with van der Waals surface area (Å²) in [5.74, 6) is 0.424. The molecule has 0 aromatic heterocycles. The molecule has 4 nitrogen and oxygen atoms in total. The molecule has 0 spiro atoms. The largest absolute Gasteiger partial charge is 0.464 e. The maximum Gasteiger partial charge on any atom is 0.332 e. The van der Waals surface area contributed by atoms with Gasteiger partial charge in [0.1, 0.15) is 6.61 Å². The maximum absolute atomic E-state index is 11.8. The monoisotopic (exact) mass is 340 g/mol. The lowest BCUT2D eigenvalue weighted by molar-refractivity contribution is -0.947. The van der Waals surface area contributed by atoms with Gasteiger partial charge in [-0.05, 0) is 32.1 Å². The summed E-state index contributed by atoms with van der Waals surface area (Å²) in [5, 5.41) is 0. The van der Waals surface area contributed by atoms with Crippen LogP contribution in [0.4, 0.5) is 0 Å². The molecule has 0 saturated carbocycles. The molecule has 2 aliphatic heterocycles. The zero-order chi connectivity index (χ0) is 17.3. The molecule has 2 fully saturated rings. The molecule has 4 heteroatoms. The van der Waals surface area contributed by atoms with Gasteiger partial charge >= 0.3 is 5.97 Å². The number of unbranched alkanes of at least 4 members (excludes halogenated alkanes) is 4. The summed E-state index contributed by atoms with van der Waals surface area (Å²) in [6.45, 7) is 6.25. The summed E-state index contributed by atoms with van der Waals surface area (Å²) in [4.78, 5) is 11.8. The van der Waals surface area contributed by atoms with Gasteiger partial charge in [0.2, 0.25) is 0 Å². The Labute approximate surface area is 148 Å². The van der Waals surface area contributed by atoms with E-state index in [1.165, 1.54) is 68.9 Å². The third kappa shape index (κ3) is 6.03. The van der Waals surface area contributed by atoms with Crippen LogP contribution in [0.25, 0.3) is 0 Å². The van der Waals surface area contributed by atoms with Crippen LogP contribution in [0, 0.1) is 5.92 Å². The average molecular weight is 341 g/mol. The first-order valence-electron chi connectivity index (χ1n) is 10.2. The minimum atomic E-state index is -0.192. The van der Waals surface area contributed by atoms with Crippen LogP contribution in [0.1, 0.15) is 71.1 Å². The molecule has 0 amide bonds. The quantitative estimate of drug-likeness (QED) is 0.343. The third-order valence-electron chi connectivity index (χ3n) is 6.07. The van der Waals surface area contributed by atoms with Crippen molar-refractivity contribution in [1.82, 2.24) is 0 Å². The van der Waals surface area contributed by atoms with Crippen LogP contribution in [0.2, 0.25) is 0 Å². The van der Waals surface area contributed by atoms with Crippen molar-refractivity contribution in [2.24, 2.45) is 5.92 Å². The van der Waals surface area contributed by atoms with Crippen molar-refractivity contribution in [2.75, 3.05) is 40.0 Å². The SMILES string of the molecule is CCCCCCCOC(=O)COC[C@@H]1CCC[N@+]2(C)CCCC[C@@H]12. The van der Waals surface area contributed by atoms with Gasteiger partial charge in [0.25, 0.3) is 0 Å². The van der Waals surface area contributed by atoms with Crippen LogP contribution >= 0.6 is 0 Å². The summed E-state index contributed by atoms with van der Waals surface area (Å²) in [7, 11) is 2.42. The molecule has 2 rings (SSSR count). The molecule has 0 aliphatic carbocycles. The highest BCUT2D eigenvalue weighted by atomic mass is 16.6. The van der Waals surface area contributed by atoms with Gasteiger partial charge in [0, 0.05) is 12.3 Å². The van der Waals surface area contributed by atoms with Crippen LogP contribution in [0.15, 0.2) is 0 Å². The van der Waals surface area contributed by atoms with Crippen LogP contribution in [-0.4, -0.2) is 56.5 Å². The summed E-state index contributed by atoms with van der Waals surface area (Å²) in [5.41, 5.74) is 0. The van der Waals surface area contributed by atoms with E-state index in [0.717, 1.165) is 25.5 Å². The van der Waals surface area contributed by atoms with Crippen molar-refractivity contribution in [2.45, 2.75) is 77.2 Å². The maximum atomic E-state index is 11.8. The second-order valence-electron chi connectivity index (χ2n) is 8.04. The molecule has 2 heterocycles. The predicted molar refractivity (Wildman–Crippen MR) is 96.8 cm³/mol. The number of nitrogens with zero attached hydrogens (tertiary/aromatic N) is 1. The zero-order valence-electron chi connectivity index (χ0n) is 15.9. The van der Waals surface area contributed by atoms with Gasteiger partial charge in [0.05, 0.1) is 39.4 Å². The molecule has 0 radical (unpaired) electrons. The molecule has 2 saturated heterocycles. The highest BCUT2D eigenvalue weighted by Gasteiger charge is 2.43. The van der Waals surface area contributed by atoms with E-state index < -0.39 is 0 Å². The van der Waals surface area contributed by atoms with Crippen molar-refractivity contribution in [3.8, 4) is 0 Å². The number of esters is 1. The second kappa shape index (κ2) is 10.4. The Bertz CT molecular complexity index is 370.